The molecule has 5 N–H and O–H groups in total. The van der Waals surface area contributed by atoms with E-state index in [-0.39, 0.29) is 35.9 Å². The van der Waals surface area contributed by atoms with Gasteiger partial charge >= 0.3 is 0 Å². The number of amides is 4. The van der Waals surface area contributed by atoms with Crippen molar-refractivity contribution in [2.75, 3.05) is 6.54 Å². The number of rotatable bonds is 9. The van der Waals surface area contributed by atoms with Crippen LogP contribution in [0.3, 0.4) is 0 Å². The number of nitrogens with one attached hydrogen (secondary N) is 5. The van der Waals surface area contributed by atoms with E-state index in [2.05, 4.69) is 26.3 Å². The van der Waals surface area contributed by atoms with E-state index in [9.17, 15) is 24.0 Å². The molecule has 10 heteroatoms. The molecule has 1 heterocycles. The molecule has 0 spiro atoms. The maximum absolute atomic E-state index is 12.5. The summed E-state index contributed by atoms with van der Waals surface area (Å²) >= 11 is 0. The quantitative estimate of drug-likeness (QED) is 0.150. The predicted octanol–water partition coefficient (Wildman–Crippen LogP) is 3.75. The number of para-hydroxylation sites is 1. The van der Waals surface area contributed by atoms with Gasteiger partial charge in [-0.1, -0.05) is 60.7 Å². The molecule has 1 aromatic heterocycles. The van der Waals surface area contributed by atoms with Crippen molar-refractivity contribution < 1.29 is 24.0 Å². The number of hydrogen-bond donors (Lipinski definition) is 5. The number of aromatic amines is 1. The summed E-state index contributed by atoms with van der Waals surface area (Å²) in [4.78, 5) is 62.6. The van der Waals surface area contributed by atoms with Crippen LogP contribution in [0.25, 0.3) is 21.7 Å². The number of carbonyl (C=O) groups excluding carboxylic acids is 5. The summed E-state index contributed by atoms with van der Waals surface area (Å²) < 4.78 is 0. The second-order valence-electron chi connectivity index (χ2n) is 11.3. The van der Waals surface area contributed by atoms with Crippen molar-refractivity contribution >= 4 is 51.1 Å². The summed E-state index contributed by atoms with van der Waals surface area (Å²) in [5.41, 5.74) is 1.92. The SMILES string of the molecule is CC(=O)NC(C)(C)C.CC(CC(=O)NCc1cccc2ccccc12)NC(=O)CNC(=O)C(=O)c1c[nH]c2ccccc12. The van der Waals surface area contributed by atoms with E-state index in [4.69, 9.17) is 0 Å². The summed E-state index contributed by atoms with van der Waals surface area (Å²) in [6.07, 6.45) is 1.56. The smallest absolute Gasteiger partial charge is 0.292 e. The molecule has 0 bridgehead atoms. The lowest BCUT2D eigenvalue weighted by molar-refractivity contribution is -0.125. The van der Waals surface area contributed by atoms with Crippen molar-refractivity contribution in [3.8, 4) is 0 Å². The third kappa shape index (κ3) is 10.1. The first kappa shape index (κ1) is 32.5. The number of H-pyrrole nitrogens is 1. The van der Waals surface area contributed by atoms with Crippen LogP contribution in [-0.4, -0.2) is 52.5 Å². The first-order valence-corrected chi connectivity index (χ1v) is 14.0. The van der Waals surface area contributed by atoms with E-state index in [1.807, 2.05) is 69.3 Å². The first-order chi connectivity index (χ1) is 20.3. The Morgan fingerprint density at radius 2 is 1.47 bits per heavy atom. The van der Waals surface area contributed by atoms with Gasteiger partial charge in [0.1, 0.15) is 0 Å². The topological polar surface area (TPSA) is 149 Å². The molecule has 1 unspecified atom stereocenters. The average molecular weight is 586 g/mol. The van der Waals surface area contributed by atoms with Gasteiger partial charge < -0.3 is 26.3 Å². The van der Waals surface area contributed by atoms with Crippen molar-refractivity contribution in [2.45, 2.75) is 59.2 Å². The zero-order chi connectivity index (χ0) is 31.6. The Balaban J connectivity index is 0.000000557. The molecule has 1 atom stereocenters. The molecule has 0 aliphatic rings. The molecule has 4 amide bonds. The molecule has 0 radical (unpaired) electrons. The van der Waals surface area contributed by atoms with Crippen LogP contribution < -0.4 is 21.3 Å². The van der Waals surface area contributed by atoms with Gasteiger partial charge in [0.25, 0.3) is 11.7 Å². The number of carbonyl (C=O) groups is 5. The van der Waals surface area contributed by atoms with Gasteiger partial charge in [-0.3, -0.25) is 24.0 Å². The number of benzene rings is 3. The van der Waals surface area contributed by atoms with Crippen molar-refractivity contribution in [1.29, 1.82) is 0 Å². The minimum Gasteiger partial charge on any atom is -0.360 e. The summed E-state index contributed by atoms with van der Waals surface area (Å²) in [5, 5.41) is 13.5. The molecular formula is C33H39N5O5. The van der Waals surface area contributed by atoms with Crippen LogP contribution in [-0.2, 0) is 25.7 Å². The molecule has 0 saturated heterocycles. The highest BCUT2D eigenvalue weighted by Gasteiger charge is 2.21. The van der Waals surface area contributed by atoms with E-state index in [0.29, 0.717) is 11.9 Å². The zero-order valence-corrected chi connectivity index (χ0v) is 25.2. The van der Waals surface area contributed by atoms with Gasteiger partial charge in [0.05, 0.1) is 12.1 Å². The molecule has 226 valence electrons. The number of Topliss-reactive ketones (excluding diaryl/α,β-unsaturated/α-hetero) is 1. The van der Waals surface area contributed by atoms with E-state index >= 15 is 0 Å². The van der Waals surface area contributed by atoms with Gasteiger partial charge in [-0.25, -0.2) is 0 Å². The molecule has 0 aliphatic carbocycles. The third-order valence-electron chi connectivity index (χ3n) is 6.26. The largest absolute Gasteiger partial charge is 0.360 e. The number of ketones is 1. The Kier molecular flexibility index (Phi) is 11.2. The number of aromatic nitrogens is 1. The van der Waals surface area contributed by atoms with E-state index < -0.39 is 23.6 Å². The maximum Gasteiger partial charge on any atom is 0.292 e. The molecule has 10 nitrogen and oxygen atoms in total. The Hall–Kier alpha value is -4.99. The van der Waals surface area contributed by atoms with Crippen LogP contribution in [0.15, 0.2) is 72.9 Å². The lowest BCUT2D eigenvalue weighted by Crippen LogP contribution is -2.44. The van der Waals surface area contributed by atoms with E-state index in [1.54, 1.807) is 25.1 Å². The standard InChI is InChI=1S/C27H26N4O4.C6H13NO/c1-17(13-24(32)29-14-19-9-6-8-18-7-2-3-10-20(18)19)31-25(33)16-30-27(35)26(34)22-15-28-23-12-5-4-11-21(22)23;1-5(8)7-6(2,3)4/h2-12,15,17,28H,13-14,16H2,1H3,(H,29,32)(H,30,35)(H,31,33);1-4H3,(H,7,8). The fourth-order valence-corrected chi connectivity index (χ4v) is 4.52. The second-order valence-corrected chi connectivity index (χ2v) is 11.3. The fourth-order valence-electron chi connectivity index (χ4n) is 4.52. The van der Waals surface area contributed by atoms with Crippen molar-refractivity contribution in [1.82, 2.24) is 26.3 Å². The molecule has 4 rings (SSSR count). The molecule has 3 aromatic carbocycles. The van der Waals surface area contributed by atoms with Crippen LogP contribution in [0, 0.1) is 0 Å². The van der Waals surface area contributed by atoms with Gasteiger partial charge in [-0.05, 0) is 50.1 Å². The zero-order valence-electron chi connectivity index (χ0n) is 25.2. The number of hydrogen-bond acceptors (Lipinski definition) is 5. The van der Waals surface area contributed by atoms with Gasteiger partial charge in [-0.2, -0.15) is 0 Å². The summed E-state index contributed by atoms with van der Waals surface area (Å²) in [7, 11) is 0. The normalized spacial score (nSPS) is 11.6. The molecular weight excluding hydrogens is 546 g/mol. The molecule has 4 aromatic rings. The van der Waals surface area contributed by atoms with Gasteiger partial charge in [-0.15, -0.1) is 0 Å². The highest BCUT2D eigenvalue weighted by Crippen LogP contribution is 2.19. The summed E-state index contributed by atoms with van der Waals surface area (Å²) in [5.74, 6) is -2.26. The minimum atomic E-state index is -0.870. The van der Waals surface area contributed by atoms with Crippen LogP contribution >= 0.6 is 0 Å². The average Bonchev–Trinajstić information content (AvgIpc) is 3.37. The molecule has 0 aliphatic heterocycles. The first-order valence-electron chi connectivity index (χ1n) is 14.0. The van der Waals surface area contributed by atoms with Gasteiger partial charge in [0.2, 0.25) is 17.7 Å². The molecule has 43 heavy (non-hydrogen) atoms. The predicted molar refractivity (Wildman–Crippen MR) is 167 cm³/mol. The lowest BCUT2D eigenvalue weighted by Gasteiger charge is -2.18. The summed E-state index contributed by atoms with van der Waals surface area (Å²) in [6, 6.07) is 20.6. The Labute approximate surface area is 251 Å². The van der Waals surface area contributed by atoms with Crippen LogP contribution in [0.5, 0.6) is 0 Å². The lowest BCUT2D eigenvalue weighted by atomic mass is 10.0. The number of fused-ring (bicyclic) bond motifs is 2. The second kappa shape index (κ2) is 14.8. The Morgan fingerprint density at radius 3 is 2.14 bits per heavy atom. The molecule has 0 fully saturated rings. The Bertz CT molecular complexity index is 1610. The monoisotopic (exact) mass is 585 g/mol. The van der Waals surface area contributed by atoms with Crippen LogP contribution in [0.1, 0.15) is 57.0 Å². The minimum absolute atomic E-state index is 0.0255. The van der Waals surface area contributed by atoms with Crippen LogP contribution in [0.4, 0.5) is 0 Å². The van der Waals surface area contributed by atoms with Crippen LogP contribution in [0.2, 0.25) is 0 Å². The van der Waals surface area contributed by atoms with Gasteiger partial charge in [0, 0.05) is 48.6 Å². The van der Waals surface area contributed by atoms with E-state index in [1.165, 1.54) is 13.1 Å². The summed E-state index contributed by atoms with van der Waals surface area (Å²) in [6.45, 7) is 9.10. The van der Waals surface area contributed by atoms with Crippen molar-refractivity contribution in [3.63, 3.8) is 0 Å². The highest BCUT2D eigenvalue weighted by molar-refractivity contribution is 6.45. The maximum atomic E-state index is 12.5. The fraction of sp³-hybridized carbons (Fsp3) is 0.303. The molecule has 0 saturated carbocycles. The van der Waals surface area contributed by atoms with Crippen molar-refractivity contribution in [3.05, 3.63) is 84.1 Å². The van der Waals surface area contributed by atoms with Gasteiger partial charge in [0.15, 0.2) is 0 Å². The third-order valence-corrected chi connectivity index (χ3v) is 6.26. The van der Waals surface area contributed by atoms with E-state index in [0.717, 1.165) is 21.9 Å². The van der Waals surface area contributed by atoms with Crippen molar-refractivity contribution in [2.24, 2.45) is 0 Å². The Morgan fingerprint density at radius 1 is 0.814 bits per heavy atom. The highest BCUT2D eigenvalue weighted by atomic mass is 16.2.